The second kappa shape index (κ2) is 4.03. The van der Waals surface area contributed by atoms with Crippen LogP contribution >= 0.6 is 0 Å². The molecule has 0 saturated carbocycles. The Balaban J connectivity index is 2.51. The maximum Gasteiger partial charge on any atom is 0.216 e. The lowest BCUT2D eigenvalue weighted by Crippen LogP contribution is -2.30. The van der Waals surface area contributed by atoms with E-state index in [0.29, 0.717) is 0 Å². The molecule has 1 aromatic carbocycles. The predicted molar refractivity (Wildman–Crippen MR) is 53.9 cm³/mol. The molecule has 0 radical (unpaired) electrons. The summed E-state index contributed by atoms with van der Waals surface area (Å²) in [5, 5.41) is 9.17. The Kier molecular flexibility index (Phi) is 2.56. The number of rotatable bonds is 2. The van der Waals surface area contributed by atoms with Crippen LogP contribution in [0.1, 0.15) is 5.56 Å². The van der Waals surface area contributed by atoms with Crippen molar-refractivity contribution < 1.29 is 9.67 Å². The summed E-state index contributed by atoms with van der Waals surface area (Å²) in [4.78, 5) is 0. The number of aliphatic hydroxyl groups excluding tert-OH is 1. The maximum absolute atomic E-state index is 9.17. The van der Waals surface area contributed by atoms with E-state index in [4.69, 9.17) is 5.11 Å². The Morgan fingerprint density at radius 1 is 0.929 bits per heavy atom. The van der Waals surface area contributed by atoms with E-state index >= 15 is 0 Å². The van der Waals surface area contributed by atoms with Crippen molar-refractivity contribution in [1.82, 2.24) is 0 Å². The molecular formula is C12H12NO+. The van der Waals surface area contributed by atoms with Crippen LogP contribution in [0.3, 0.4) is 0 Å². The summed E-state index contributed by atoms with van der Waals surface area (Å²) in [6.07, 6.45) is 3.93. The number of hydrogen-bond donors (Lipinski definition) is 1. The van der Waals surface area contributed by atoms with Gasteiger partial charge in [-0.3, -0.25) is 0 Å². The van der Waals surface area contributed by atoms with Gasteiger partial charge in [0.15, 0.2) is 12.4 Å². The molecule has 1 aromatic heterocycles. The zero-order chi connectivity index (χ0) is 9.80. The van der Waals surface area contributed by atoms with E-state index in [1.54, 1.807) is 0 Å². The number of hydrogen-bond acceptors (Lipinski definition) is 1. The van der Waals surface area contributed by atoms with Gasteiger partial charge in [0.2, 0.25) is 5.69 Å². The predicted octanol–water partition coefficient (Wildman–Crippen LogP) is 1.46. The Hall–Kier alpha value is -1.67. The van der Waals surface area contributed by atoms with Crippen LogP contribution in [-0.2, 0) is 6.61 Å². The molecule has 0 spiro atoms. The molecule has 2 aromatic rings. The molecule has 0 unspecified atom stereocenters. The summed E-state index contributed by atoms with van der Waals surface area (Å²) in [5.41, 5.74) is 1.96. The first-order valence-corrected chi connectivity index (χ1v) is 4.57. The van der Waals surface area contributed by atoms with Crippen molar-refractivity contribution in [3.05, 3.63) is 60.4 Å². The molecule has 0 saturated heterocycles. The molecule has 0 fully saturated rings. The van der Waals surface area contributed by atoms with Crippen molar-refractivity contribution in [1.29, 1.82) is 0 Å². The van der Waals surface area contributed by atoms with Crippen molar-refractivity contribution in [3.8, 4) is 5.69 Å². The van der Waals surface area contributed by atoms with Gasteiger partial charge in [0.05, 0.1) is 6.61 Å². The van der Waals surface area contributed by atoms with Crippen molar-refractivity contribution in [3.63, 3.8) is 0 Å². The van der Waals surface area contributed by atoms with Crippen LogP contribution in [0, 0.1) is 0 Å². The number of pyridine rings is 1. The molecule has 70 valence electrons. The molecule has 2 heteroatoms. The largest absolute Gasteiger partial charge is 0.391 e. The van der Waals surface area contributed by atoms with E-state index in [-0.39, 0.29) is 6.61 Å². The van der Waals surface area contributed by atoms with E-state index in [1.165, 1.54) is 0 Å². The Morgan fingerprint density at radius 3 is 2.36 bits per heavy atom. The summed E-state index contributed by atoms with van der Waals surface area (Å²) in [7, 11) is 0. The zero-order valence-corrected chi connectivity index (χ0v) is 7.80. The molecule has 0 atom stereocenters. The highest BCUT2D eigenvalue weighted by atomic mass is 16.3. The van der Waals surface area contributed by atoms with E-state index in [1.807, 2.05) is 59.4 Å². The van der Waals surface area contributed by atoms with Crippen LogP contribution in [-0.4, -0.2) is 5.11 Å². The minimum absolute atomic E-state index is 0.0675. The molecule has 0 aliphatic carbocycles. The van der Waals surface area contributed by atoms with E-state index in [9.17, 15) is 0 Å². The van der Waals surface area contributed by atoms with Gasteiger partial charge in [0, 0.05) is 23.8 Å². The van der Waals surface area contributed by atoms with Crippen LogP contribution in [0.4, 0.5) is 0 Å². The van der Waals surface area contributed by atoms with E-state index in [2.05, 4.69) is 0 Å². The van der Waals surface area contributed by atoms with Crippen molar-refractivity contribution in [2.75, 3.05) is 0 Å². The second-order valence-corrected chi connectivity index (χ2v) is 3.07. The first kappa shape index (κ1) is 8.91. The highest BCUT2D eigenvalue weighted by molar-refractivity contribution is 5.32. The molecule has 1 N–H and O–H groups in total. The first-order chi connectivity index (χ1) is 6.92. The highest BCUT2D eigenvalue weighted by Gasteiger charge is 2.08. The van der Waals surface area contributed by atoms with Gasteiger partial charge in [0.25, 0.3) is 0 Å². The number of para-hydroxylation sites is 1. The molecular weight excluding hydrogens is 174 g/mol. The zero-order valence-electron chi connectivity index (χ0n) is 7.80. The van der Waals surface area contributed by atoms with Crippen molar-refractivity contribution >= 4 is 0 Å². The standard InChI is InChI=1S/C12H12NO/c14-10-11-6-2-3-7-12(11)13-8-4-1-5-9-13/h1-9,14H,10H2/q+1. The Morgan fingerprint density at radius 2 is 1.64 bits per heavy atom. The van der Waals surface area contributed by atoms with Crippen LogP contribution in [0.25, 0.3) is 5.69 Å². The highest BCUT2D eigenvalue weighted by Crippen LogP contribution is 2.07. The van der Waals surface area contributed by atoms with Gasteiger partial charge >= 0.3 is 0 Å². The molecule has 2 nitrogen and oxygen atoms in total. The molecule has 0 bridgehead atoms. The van der Waals surface area contributed by atoms with Crippen LogP contribution < -0.4 is 4.57 Å². The van der Waals surface area contributed by atoms with Crippen LogP contribution in [0.15, 0.2) is 54.9 Å². The quantitative estimate of drug-likeness (QED) is 0.705. The maximum atomic E-state index is 9.17. The first-order valence-electron chi connectivity index (χ1n) is 4.57. The number of aliphatic hydroxyl groups is 1. The monoisotopic (exact) mass is 186 g/mol. The van der Waals surface area contributed by atoms with E-state index in [0.717, 1.165) is 11.3 Å². The number of aromatic nitrogens is 1. The van der Waals surface area contributed by atoms with Crippen molar-refractivity contribution in [2.24, 2.45) is 0 Å². The third-order valence-electron chi connectivity index (χ3n) is 2.16. The third kappa shape index (κ3) is 1.65. The Labute approximate surface area is 83.1 Å². The number of nitrogens with zero attached hydrogens (tertiary/aromatic N) is 1. The fraction of sp³-hybridized carbons (Fsp3) is 0.0833. The number of benzene rings is 1. The molecule has 0 aliphatic rings. The second-order valence-electron chi connectivity index (χ2n) is 3.07. The van der Waals surface area contributed by atoms with Gasteiger partial charge in [-0.2, -0.15) is 4.57 Å². The molecule has 14 heavy (non-hydrogen) atoms. The van der Waals surface area contributed by atoms with E-state index < -0.39 is 0 Å². The summed E-state index contributed by atoms with van der Waals surface area (Å²) in [5.74, 6) is 0. The SMILES string of the molecule is OCc1ccccc1-[n+]1ccccc1. The van der Waals surface area contributed by atoms with Gasteiger partial charge in [-0.05, 0) is 0 Å². The fourth-order valence-corrected chi connectivity index (χ4v) is 1.46. The van der Waals surface area contributed by atoms with Gasteiger partial charge in [-0.25, -0.2) is 0 Å². The fourth-order valence-electron chi connectivity index (χ4n) is 1.46. The van der Waals surface area contributed by atoms with Gasteiger partial charge < -0.3 is 5.11 Å². The van der Waals surface area contributed by atoms with Crippen LogP contribution in [0.2, 0.25) is 0 Å². The smallest absolute Gasteiger partial charge is 0.216 e. The molecule has 2 rings (SSSR count). The molecule has 1 heterocycles. The average Bonchev–Trinajstić information content (AvgIpc) is 2.30. The van der Waals surface area contributed by atoms with Crippen LogP contribution in [0.5, 0.6) is 0 Å². The third-order valence-corrected chi connectivity index (χ3v) is 2.16. The minimum Gasteiger partial charge on any atom is -0.391 e. The van der Waals surface area contributed by atoms with Gasteiger partial charge in [-0.15, -0.1) is 0 Å². The summed E-state index contributed by atoms with van der Waals surface area (Å²) in [6, 6.07) is 13.7. The molecule has 0 amide bonds. The normalized spacial score (nSPS) is 10.1. The summed E-state index contributed by atoms with van der Waals surface area (Å²) >= 11 is 0. The van der Waals surface area contributed by atoms with Gasteiger partial charge in [-0.1, -0.05) is 24.3 Å². The minimum atomic E-state index is 0.0675. The van der Waals surface area contributed by atoms with Gasteiger partial charge in [0.1, 0.15) is 0 Å². The average molecular weight is 186 g/mol. The lowest BCUT2D eigenvalue weighted by atomic mass is 10.2. The molecule has 0 aliphatic heterocycles. The van der Waals surface area contributed by atoms with Crippen molar-refractivity contribution in [2.45, 2.75) is 6.61 Å². The Bertz CT molecular complexity index is 412. The topological polar surface area (TPSA) is 24.1 Å². The summed E-state index contributed by atoms with van der Waals surface area (Å²) < 4.78 is 1.99. The lowest BCUT2D eigenvalue weighted by Gasteiger charge is -2.00. The summed E-state index contributed by atoms with van der Waals surface area (Å²) in [6.45, 7) is 0.0675. The lowest BCUT2D eigenvalue weighted by molar-refractivity contribution is -0.596.